The van der Waals surface area contributed by atoms with Crippen LogP contribution in [0, 0.1) is 5.92 Å². The normalized spacial score (nSPS) is 17.8. The van der Waals surface area contributed by atoms with Gasteiger partial charge in [-0.1, -0.05) is 13.0 Å². The summed E-state index contributed by atoms with van der Waals surface area (Å²) in [6.45, 7) is 6.41. The fourth-order valence-electron chi connectivity index (χ4n) is 3.00. The second kappa shape index (κ2) is 5.16. The summed E-state index contributed by atoms with van der Waals surface area (Å²) in [5.74, 6) is 0.686. The van der Waals surface area contributed by atoms with Crippen molar-refractivity contribution in [1.82, 2.24) is 10.3 Å². The van der Waals surface area contributed by atoms with Crippen LogP contribution in [0.25, 0.3) is 10.9 Å². The highest BCUT2D eigenvalue weighted by Gasteiger charge is 2.20. The molecule has 1 amide bonds. The number of nitrogens with one attached hydrogen (secondary N) is 2. The maximum atomic E-state index is 12.0. The van der Waals surface area contributed by atoms with Crippen LogP contribution in [0.5, 0.6) is 0 Å². The van der Waals surface area contributed by atoms with Crippen LogP contribution in [0.2, 0.25) is 0 Å². The number of hydrogen-bond donors (Lipinski definition) is 2. The largest absolute Gasteiger partial charge is 0.358 e. The van der Waals surface area contributed by atoms with Crippen molar-refractivity contribution in [2.45, 2.75) is 26.2 Å². The third-order valence-electron chi connectivity index (χ3n) is 4.10. The smallest absolute Gasteiger partial charge is 0.251 e. The Balaban J connectivity index is 2.00. The first-order chi connectivity index (χ1) is 9.69. The van der Waals surface area contributed by atoms with E-state index in [1.165, 1.54) is 23.1 Å². The van der Waals surface area contributed by atoms with Gasteiger partial charge in [0, 0.05) is 28.7 Å². The molecule has 0 saturated heterocycles. The minimum atomic E-state index is -0.0365. The average Bonchev–Trinajstić information content (AvgIpc) is 2.82. The van der Waals surface area contributed by atoms with Crippen molar-refractivity contribution in [2.75, 3.05) is 6.54 Å². The van der Waals surface area contributed by atoms with Crippen LogP contribution in [0.1, 0.15) is 35.0 Å². The van der Waals surface area contributed by atoms with Crippen molar-refractivity contribution in [3.05, 3.63) is 47.7 Å². The lowest BCUT2D eigenvalue weighted by atomic mass is 9.87. The van der Waals surface area contributed by atoms with Crippen LogP contribution in [-0.2, 0) is 12.8 Å². The van der Waals surface area contributed by atoms with E-state index in [-0.39, 0.29) is 5.91 Å². The summed E-state index contributed by atoms with van der Waals surface area (Å²) in [5, 5.41) is 4.03. The van der Waals surface area contributed by atoms with Crippen LogP contribution in [0.15, 0.2) is 30.9 Å². The standard InChI is InChI=1S/C17H20N2O/c1-3-8-18-17(20)12-5-7-16-14(10-12)13-9-11(2)4-6-15(13)19-16/h3,5,7,10-11,19H,1,4,6,8-9H2,2H3,(H,18,20). The van der Waals surface area contributed by atoms with Gasteiger partial charge in [-0.15, -0.1) is 6.58 Å². The molecular formula is C17H20N2O. The first-order valence-electron chi connectivity index (χ1n) is 7.21. The molecule has 0 spiro atoms. The predicted octanol–water partition coefficient (Wildman–Crippen LogP) is 3.21. The number of amides is 1. The number of carbonyl (C=O) groups is 1. The van der Waals surface area contributed by atoms with Gasteiger partial charge < -0.3 is 10.3 Å². The molecule has 0 bridgehead atoms. The van der Waals surface area contributed by atoms with E-state index in [0.717, 1.165) is 29.8 Å². The summed E-state index contributed by atoms with van der Waals surface area (Å²) in [6, 6.07) is 5.91. The van der Waals surface area contributed by atoms with Gasteiger partial charge >= 0.3 is 0 Å². The minimum absolute atomic E-state index is 0.0365. The zero-order valence-corrected chi connectivity index (χ0v) is 11.8. The maximum Gasteiger partial charge on any atom is 0.251 e. The molecule has 1 aromatic carbocycles. The van der Waals surface area contributed by atoms with E-state index >= 15 is 0 Å². The molecule has 1 aliphatic rings. The second-order valence-electron chi connectivity index (χ2n) is 5.69. The van der Waals surface area contributed by atoms with Crippen molar-refractivity contribution in [2.24, 2.45) is 5.92 Å². The zero-order valence-electron chi connectivity index (χ0n) is 11.8. The number of carbonyl (C=O) groups excluding carboxylic acids is 1. The van der Waals surface area contributed by atoms with Crippen molar-refractivity contribution >= 4 is 16.8 Å². The molecule has 0 fully saturated rings. The summed E-state index contributed by atoms with van der Waals surface area (Å²) < 4.78 is 0. The van der Waals surface area contributed by atoms with Gasteiger partial charge in [-0.2, -0.15) is 0 Å². The first kappa shape index (κ1) is 13.0. The Kier molecular flexibility index (Phi) is 3.35. The van der Waals surface area contributed by atoms with E-state index < -0.39 is 0 Å². The van der Waals surface area contributed by atoms with E-state index in [4.69, 9.17) is 0 Å². The van der Waals surface area contributed by atoms with E-state index in [9.17, 15) is 4.79 Å². The molecule has 2 aromatic rings. The van der Waals surface area contributed by atoms with Crippen LogP contribution in [-0.4, -0.2) is 17.4 Å². The summed E-state index contributed by atoms with van der Waals surface area (Å²) in [4.78, 5) is 15.5. The fraction of sp³-hybridized carbons (Fsp3) is 0.353. The molecule has 3 nitrogen and oxygen atoms in total. The molecule has 3 rings (SSSR count). The molecule has 1 unspecified atom stereocenters. The SMILES string of the molecule is C=CCNC(=O)c1ccc2[nH]c3c(c2c1)CC(C)CC3. The zero-order chi connectivity index (χ0) is 14.1. The van der Waals surface area contributed by atoms with Gasteiger partial charge in [0.25, 0.3) is 5.91 Å². The third kappa shape index (κ3) is 2.24. The average molecular weight is 268 g/mol. The van der Waals surface area contributed by atoms with Gasteiger partial charge in [-0.25, -0.2) is 0 Å². The van der Waals surface area contributed by atoms with E-state index in [1.54, 1.807) is 6.08 Å². The Hall–Kier alpha value is -2.03. The first-order valence-corrected chi connectivity index (χ1v) is 7.21. The molecule has 104 valence electrons. The summed E-state index contributed by atoms with van der Waals surface area (Å²) in [6.07, 6.45) is 5.15. The van der Waals surface area contributed by atoms with Crippen LogP contribution < -0.4 is 5.32 Å². The number of aryl methyl sites for hydroxylation is 1. The number of rotatable bonds is 3. The van der Waals surface area contributed by atoms with E-state index in [0.29, 0.717) is 6.54 Å². The van der Waals surface area contributed by atoms with Gasteiger partial charge in [0.2, 0.25) is 0 Å². The predicted molar refractivity (Wildman–Crippen MR) is 82.0 cm³/mol. The Morgan fingerprint density at radius 2 is 2.40 bits per heavy atom. The quantitative estimate of drug-likeness (QED) is 0.825. The fourth-order valence-corrected chi connectivity index (χ4v) is 3.00. The highest BCUT2D eigenvalue weighted by atomic mass is 16.1. The molecule has 1 aliphatic carbocycles. The molecule has 1 aromatic heterocycles. The molecule has 2 N–H and O–H groups in total. The highest BCUT2D eigenvalue weighted by molar-refractivity contribution is 5.99. The number of fused-ring (bicyclic) bond motifs is 3. The lowest BCUT2D eigenvalue weighted by molar-refractivity contribution is 0.0958. The molecule has 1 atom stereocenters. The van der Waals surface area contributed by atoms with Gasteiger partial charge in [-0.3, -0.25) is 4.79 Å². The Labute approximate surface area is 119 Å². The van der Waals surface area contributed by atoms with Gasteiger partial charge in [0.1, 0.15) is 0 Å². The molecular weight excluding hydrogens is 248 g/mol. The number of H-pyrrole nitrogens is 1. The van der Waals surface area contributed by atoms with E-state index in [1.807, 2.05) is 18.2 Å². The monoisotopic (exact) mass is 268 g/mol. The Bertz CT molecular complexity index is 669. The van der Waals surface area contributed by atoms with Crippen LogP contribution in [0.4, 0.5) is 0 Å². The van der Waals surface area contributed by atoms with E-state index in [2.05, 4.69) is 23.8 Å². The number of hydrogen-bond acceptors (Lipinski definition) is 1. The van der Waals surface area contributed by atoms with Crippen LogP contribution in [0.3, 0.4) is 0 Å². The Morgan fingerprint density at radius 1 is 1.55 bits per heavy atom. The summed E-state index contributed by atoms with van der Waals surface area (Å²) in [5.41, 5.74) is 4.61. The van der Waals surface area contributed by atoms with Gasteiger partial charge in [0.05, 0.1) is 0 Å². The molecule has 1 heterocycles. The maximum absolute atomic E-state index is 12.0. The van der Waals surface area contributed by atoms with Crippen molar-refractivity contribution < 1.29 is 4.79 Å². The minimum Gasteiger partial charge on any atom is -0.358 e. The lowest BCUT2D eigenvalue weighted by Crippen LogP contribution is -2.23. The molecule has 20 heavy (non-hydrogen) atoms. The lowest BCUT2D eigenvalue weighted by Gasteiger charge is -2.18. The van der Waals surface area contributed by atoms with Crippen molar-refractivity contribution in [3.63, 3.8) is 0 Å². The topological polar surface area (TPSA) is 44.9 Å². The summed E-state index contributed by atoms with van der Waals surface area (Å²) in [7, 11) is 0. The highest BCUT2D eigenvalue weighted by Crippen LogP contribution is 2.32. The molecule has 0 radical (unpaired) electrons. The third-order valence-corrected chi connectivity index (χ3v) is 4.10. The number of benzene rings is 1. The molecule has 0 saturated carbocycles. The molecule has 3 heteroatoms. The van der Waals surface area contributed by atoms with Crippen molar-refractivity contribution in [1.29, 1.82) is 0 Å². The van der Waals surface area contributed by atoms with Gasteiger partial charge in [0.15, 0.2) is 0 Å². The van der Waals surface area contributed by atoms with Crippen molar-refractivity contribution in [3.8, 4) is 0 Å². The number of aromatic nitrogens is 1. The van der Waals surface area contributed by atoms with Gasteiger partial charge in [-0.05, 0) is 48.9 Å². The molecule has 0 aliphatic heterocycles. The Morgan fingerprint density at radius 3 is 3.20 bits per heavy atom. The second-order valence-corrected chi connectivity index (χ2v) is 5.69. The number of aromatic amines is 1. The van der Waals surface area contributed by atoms with Crippen LogP contribution >= 0.6 is 0 Å². The summed E-state index contributed by atoms with van der Waals surface area (Å²) >= 11 is 0.